The first-order valence-electron chi connectivity index (χ1n) is 4.46. The van der Waals surface area contributed by atoms with E-state index in [-0.39, 0.29) is 11.9 Å². The van der Waals surface area contributed by atoms with Gasteiger partial charge < -0.3 is 5.32 Å². The van der Waals surface area contributed by atoms with E-state index in [0.717, 1.165) is 12.8 Å². The molecule has 1 aliphatic rings. The number of thiol groups is 1. The highest BCUT2D eigenvalue weighted by Gasteiger charge is 2.24. The summed E-state index contributed by atoms with van der Waals surface area (Å²) in [4.78, 5) is 12.0. The van der Waals surface area contributed by atoms with Gasteiger partial charge in [-0.25, -0.2) is 4.39 Å². The molecular weight excluding hydrogens is 201 g/mol. The largest absolute Gasteiger partial charge is 0.349 e. The predicted octanol–water partition coefficient (Wildman–Crippen LogP) is 2.01. The van der Waals surface area contributed by atoms with E-state index in [1.807, 2.05) is 0 Å². The minimum atomic E-state index is -0.413. The summed E-state index contributed by atoms with van der Waals surface area (Å²) < 4.78 is 12.8. The van der Waals surface area contributed by atoms with Crippen molar-refractivity contribution in [1.29, 1.82) is 0 Å². The molecule has 0 saturated heterocycles. The molecule has 1 amide bonds. The Kier molecular flexibility index (Phi) is 2.46. The van der Waals surface area contributed by atoms with Crippen molar-refractivity contribution in [2.45, 2.75) is 23.8 Å². The average molecular weight is 211 g/mol. The van der Waals surface area contributed by atoms with Crippen LogP contribution in [0.5, 0.6) is 0 Å². The molecule has 74 valence electrons. The summed E-state index contributed by atoms with van der Waals surface area (Å²) >= 11 is 4.10. The highest BCUT2D eigenvalue weighted by molar-refractivity contribution is 7.80. The maximum absolute atomic E-state index is 12.8. The zero-order valence-corrected chi connectivity index (χ0v) is 8.35. The van der Waals surface area contributed by atoms with Gasteiger partial charge in [-0.1, -0.05) is 0 Å². The standard InChI is InChI=1S/C10H10FNOS/c11-6-1-4-9(14)8(5-6)10(13)12-7-2-3-7/h1,4-5,7,14H,2-3H2,(H,12,13). The molecule has 0 unspecified atom stereocenters. The molecule has 1 fully saturated rings. The summed E-state index contributed by atoms with van der Waals surface area (Å²) in [6.07, 6.45) is 2.03. The number of carbonyl (C=O) groups excluding carboxylic acids is 1. The quantitative estimate of drug-likeness (QED) is 0.720. The maximum Gasteiger partial charge on any atom is 0.252 e. The van der Waals surface area contributed by atoms with Crippen LogP contribution in [0.3, 0.4) is 0 Å². The molecule has 0 aliphatic heterocycles. The van der Waals surface area contributed by atoms with Crippen molar-refractivity contribution in [1.82, 2.24) is 5.32 Å². The number of halogens is 1. The van der Waals surface area contributed by atoms with Crippen LogP contribution >= 0.6 is 12.6 Å². The number of rotatable bonds is 2. The van der Waals surface area contributed by atoms with E-state index in [9.17, 15) is 9.18 Å². The second-order valence-corrected chi connectivity index (χ2v) is 3.89. The number of benzene rings is 1. The van der Waals surface area contributed by atoms with Crippen molar-refractivity contribution in [3.05, 3.63) is 29.6 Å². The first-order chi connectivity index (χ1) is 6.66. The summed E-state index contributed by atoms with van der Waals surface area (Å²) in [5, 5.41) is 2.78. The molecule has 0 bridgehead atoms. The summed E-state index contributed by atoms with van der Waals surface area (Å²) in [5.74, 6) is -0.652. The number of carbonyl (C=O) groups is 1. The maximum atomic E-state index is 12.8. The van der Waals surface area contributed by atoms with E-state index >= 15 is 0 Å². The fourth-order valence-corrected chi connectivity index (χ4v) is 1.42. The molecule has 1 aromatic carbocycles. The summed E-state index contributed by atoms with van der Waals surface area (Å²) in [7, 11) is 0. The third kappa shape index (κ3) is 2.07. The van der Waals surface area contributed by atoms with Crippen LogP contribution in [-0.2, 0) is 0 Å². The smallest absolute Gasteiger partial charge is 0.252 e. The van der Waals surface area contributed by atoms with Gasteiger partial charge in [0.2, 0.25) is 0 Å². The van der Waals surface area contributed by atoms with E-state index in [1.165, 1.54) is 18.2 Å². The molecule has 2 nitrogen and oxygen atoms in total. The molecule has 1 aromatic rings. The van der Waals surface area contributed by atoms with Gasteiger partial charge in [0.25, 0.3) is 5.91 Å². The zero-order valence-electron chi connectivity index (χ0n) is 7.46. The number of nitrogens with one attached hydrogen (secondary N) is 1. The molecule has 1 saturated carbocycles. The third-order valence-corrected chi connectivity index (χ3v) is 2.51. The lowest BCUT2D eigenvalue weighted by molar-refractivity contribution is 0.0947. The van der Waals surface area contributed by atoms with Crippen LogP contribution in [0, 0.1) is 5.82 Å². The first-order valence-corrected chi connectivity index (χ1v) is 4.91. The Morgan fingerprint density at radius 1 is 1.50 bits per heavy atom. The Hall–Kier alpha value is -1.03. The van der Waals surface area contributed by atoms with Crippen LogP contribution in [0.25, 0.3) is 0 Å². The third-order valence-electron chi connectivity index (χ3n) is 2.12. The summed E-state index contributed by atoms with van der Waals surface area (Å²) in [5.41, 5.74) is 0.306. The first kappa shape index (κ1) is 9.52. The average Bonchev–Trinajstić information content (AvgIpc) is 2.93. The molecule has 1 aliphatic carbocycles. The number of hydrogen-bond acceptors (Lipinski definition) is 2. The van der Waals surface area contributed by atoms with Gasteiger partial charge in [0.15, 0.2) is 0 Å². The minimum Gasteiger partial charge on any atom is -0.349 e. The highest BCUT2D eigenvalue weighted by atomic mass is 32.1. The van der Waals surface area contributed by atoms with Gasteiger partial charge in [-0.05, 0) is 31.0 Å². The molecule has 0 spiro atoms. The molecule has 4 heteroatoms. The molecule has 1 N–H and O–H groups in total. The molecule has 2 rings (SSSR count). The van der Waals surface area contributed by atoms with Gasteiger partial charge in [0.1, 0.15) is 5.82 Å². The second-order valence-electron chi connectivity index (χ2n) is 3.41. The van der Waals surface area contributed by atoms with Crippen LogP contribution in [-0.4, -0.2) is 11.9 Å². The molecule has 0 atom stereocenters. The van der Waals surface area contributed by atoms with Crippen LogP contribution in [0.2, 0.25) is 0 Å². The lowest BCUT2D eigenvalue weighted by atomic mass is 10.2. The number of hydrogen-bond donors (Lipinski definition) is 2. The minimum absolute atomic E-state index is 0.239. The van der Waals surface area contributed by atoms with E-state index in [4.69, 9.17) is 0 Å². The molecule has 0 heterocycles. The second kappa shape index (κ2) is 3.61. The van der Waals surface area contributed by atoms with Crippen molar-refractivity contribution in [2.24, 2.45) is 0 Å². The van der Waals surface area contributed by atoms with Gasteiger partial charge in [0.05, 0.1) is 5.56 Å². The van der Waals surface area contributed by atoms with Crippen molar-refractivity contribution < 1.29 is 9.18 Å². The lowest BCUT2D eigenvalue weighted by Crippen LogP contribution is -2.25. The molecular formula is C10H10FNOS. The SMILES string of the molecule is O=C(NC1CC1)c1cc(F)ccc1S. The van der Waals surface area contributed by atoms with Crippen molar-refractivity contribution >= 4 is 18.5 Å². The van der Waals surface area contributed by atoms with Crippen molar-refractivity contribution in [3.8, 4) is 0 Å². The van der Waals surface area contributed by atoms with E-state index in [1.54, 1.807) is 0 Å². The van der Waals surface area contributed by atoms with Gasteiger partial charge in [-0.15, -0.1) is 12.6 Å². The fraction of sp³-hybridized carbons (Fsp3) is 0.300. The summed E-state index contributed by atoms with van der Waals surface area (Å²) in [6, 6.07) is 4.26. The Morgan fingerprint density at radius 3 is 2.86 bits per heavy atom. The zero-order chi connectivity index (χ0) is 10.1. The van der Waals surface area contributed by atoms with Gasteiger partial charge in [-0.2, -0.15) is 0 Å². The van der Waals surface area contributed by atoms with Crippen LogP contribution in [0.15, 0.2) is 23.1 Å². The Labute approximate surface area is 86.9 Å². The Morgan fingerprint density at radius 2 is 2.21 bits per heavy atom. The topological polar surface area (TPSA) is 29.1 Å². The van der Waals surface area contributed by atoms with Crippen LogP contribution < -0.4 is 5.32 Å². The number of amides is 1. The summed E-state index contributed by atoms with van der Waals surface area (Å²) in [6.45, 7) is 0. The molecule has 0 aromatic heterocycles. The van der Waals surface area contributed by atoms with Crippen LogP contribution in [0.1, 0.15) is 23.2 Å². The highest BCUT2D eigenvalue weighted by Crippen LogP contribution is 2.21. The van der Waals surface area contributed by atoms with Gasteiger partial charge in [0, 0.05) is 10.9 Å². The lowest BCUT2D eigenvalue weighted by Gasteiger charge is -2.05. The predicted molar refractivity (Wildman–Crippen MR) is 54.1 cm³/mol. The van der Waals surface area contributed by atoms with E-state index in [0.29, 0.717) is 10.5 Å². The molecule has 14 heavy (non-hydrogen) atoms. The Balaban J connectivity index is 2.20. The van der Waals surface area contributed by atoms with Crippen molar-refractivity contribution in [3.63, 3.8) is 0 Å². The normalized spacial score (nSPS) is 15.3. The van der Waals surface area contributed by atoms with Crippen LogP contribution in [0.4, 0.5) is 4.39 Å². The Bertz CT molecular complexity index is 376. The monoisotopic (exact) mass is 211 g/mol. The fourth-order valence-electron chi connectivity index (χ4n) is 1.18. The molecule has 0 radical (unpaired) electrons. The van der Waals surface area contributed by atoms with Crippen molar-refractivity contribution in [2.75, 3.05) is 0 Å². The van der Waals surface area contributed by atoms with E-state index in [2.05, 4.69) is 17.9 Å². The van der Waals surface area contributed by atoms with Gasteiger partial charge in [-0.3, -0.25) is 4.79 Å². The van der Waals surface area contributed by atoms with Gasteiger partial charge >= 0.3 is 0 Å². The van der Waals surface area contributed by atoms with E-state index < -0.39 is 5.82 Å².